The Morgan fingerprint density at radius 1 is 1.04 bits per heavy atom. The first-order valence-corrected chi connectivity index (χ1v) is 9.06. The maximum Gasteiger partial charge on any atom is 0.546 e. The minimum atomic E-state index is -2.86. The van der Waals surface area contributed by atoms with Crippen molar-refractivity contribution in [3.8, 4) is 0 Å². The molecular weight excluding hydrogens is 346 g/mol. The molecule has 1 aromatic rings. The van der Waals surface area contributed by atoms with Gasteiger partial charge in [-0.15, -0.1) is 0 Å². The molecule has 0 aliphatic heterocycles. The standard InChI is InChI=1S/C13H14O8P2/c14-12(15)6-5-11(23(20)21)10(13(16)17)7-8-1-3-9(4-2-8)22(18)19/h1-4,10-11H,5-7H2,(H2-2,14,15,16,17,18,19,20,21)/p+2. The molecule has 4 N–H and O–H groups in total. The van der Waals surface area contributed by atoms with Crippen molar-refractivity contribution in [2.24, 2.45) is 5.92 Å². The van der Waals surface area contributed by atoms with Crippen LogP contribution in [0.15, 0.2) is 24.3 Å². The highest BCUT2D eigenvalue weighted by molar-refractivity contribution is 7.47. The van der Waals surface area contributed by atoms with Crippen LogP contribution in [0.2, 0.25) is 0 Å². The molecule has 10 heteroatoms. The third-order valence-electron chi connectivity index (χ3n) is 3.33. The fourth-order valence-corrected chi connectivity index (χ4v) is 3.43. The molecule has 0 spiro atoms. The van der Waals surface area contributed by atoms with Crippen LogP contribution in [0.25, 0.3) is 0 Å². The van der Waals surface area contributed by atoms with Crippen molar-refractivity contribution in [1.82, 2.24) is 0 Å². The molecule has 0 radical (unpaired) electrons. The van der Waals surface area contributed by atoms with Crippen molar-refractivity contribution in [1.29, 1.82) is 0 Å². The van der Waals surface area contributed by atoms with Crippen LogP contribution >= 0.6 is 16.1 Å². The Bertz CT molecular complexity index is 613. The fourth-order valence-electron chi connectivity index (χ4n) is 2.14. The normalized spacial score (nSPS) is 14.7. The Kier molecular flexibility index (Phi) is 7.39. The van der Waals surface area contributed by atoms with Gasteiger partial charge in [-0.1, -0.05) is 12.1 Å². The molecule has 4 unspecified atom stereocenters. The van der Waals surface area contributed by atoms with E-state index < -0.39 is 46.0 Å². The largest absolute Gasteiger partial charge is 0.546 e. The summed E-state index contributed by atoms with van der Waals surface area (Å²) in [7, 11) is -5.35. The second-order valence-corrected chi connectivity index (χ2v) is 7.22. The van der Waals surface area contributed by atoms with Crippen LogP contribution in [-0.2, 0) is 25.1 Å². The Labute approximate surface area is 133 Å². The van der Waals surface area contributed by atoms with Gasteiger partial charge < -0.3 is 10.2 Å². The molecule has 23 heavy (non-hydrogen) atoms. The number of carbonyl (C=O) groups is 2. The van der Waals surface area contributed by atoms with E-state index in [-0.39, 0.29) is 18.1 Å². The number of carboxylic acid groups (broad SMARTS) is 2. The summed E-state index contributed by atoms with van der Waals surface area (Å²) in [6, 6.07) is 5.68. The smallest absolute Gasteiger partial charge is 0.481 e. The van der Waals surface area contributed by atoms with Crippen LogP contribution in [0.1, 0.15) is 18.4 Å². The highest BCUT2D eigenvalue weighted by atomic mass is 31.1. The number of benzene rings is 1. The molecule has 1 aromatic carbocycles. The van der Waals surface area contributed by atoms with E-state index in [1.165, 1.54) is 24.3 Å². The van der Waals surface area contributed by atoms with E-state index in [2.05, 4.69) is 0 Å². The molecule has 8 nitrogen and oxygen atoms in total. The summed E-state index contributed by atoms with van der Waals surface area (Å²) in [4.78, 5) is 40.3. The Morgan fingerprint density at radius 2 is 1.61 bits per heavy atom. The van der Waals surface area contributed by atoms with Gasteiger partial charge in [0.15, 0.2) is 0 Å². The van der Waals surface area contributed by atoms with Gasteiger partial charge in [-0.2, -0.15) is 9.79 Å². The minimum Gasteiger partial charge on any atom is -0.481 e. The zero-order chi connectivity index (χ0) is 17.6. The van der Waals surface area contributed by atoms with Gasteiger partial charge in [-0.3, -0.25) is 9.59 Å². The summed E-state index contributed by atoms with van der Waals surface area (Å²) in [5.41, 5.74) is -0.678. The zero-order valence-electron chi connectivity index (χ0n) is 11.9. The SMILES string of the molecule is O=C(O)CCC(C(Cc1ccc([P+](=O)O)cc1)C(=O)O)[P+](=O)O. The predicted octanol–water partition coefficient (Wildman–Crippen LogP) is 1.26. The van der Waals surface area contributed by atoms with Gasteiger partial charge in [0, 0.05) is 12.8 Å². The molecule has 1 rings (SSSR count). The first kappa shape index (κ1) is 19.3. The minimum absolute atomic E-state index is 0.0796. The monoisotopic (exact) mass is 362 g/mol. The topological polar surface area (TPSA) is 149 Å². The highest BCUT2D eigenvalue weighted by Gasteiger charge is 2.42. The van der Waals surface area contributed by atoms with Gasteiger partial charge in [-0.25, -0.2) is 0 Å². The highest BCUT2D eigenvalue weighted by Crippen LogP contribution is 2.35. The molecule has 0 saturated heterocycles. The lowest BCUT2D eigenvalue weighted by Crippen LogP contribution is -2.28. The van der Waals surface area contributed by atoms with Gasteiger partial charge >= 0.3 is 28.0 Å². The van der Waals surface area contributed by atoms with Gasteiger partial charge in [0.05, 0.1) is 0 Å². The first-order chi connectivity index (χ1) is 10.7. The summed E-state index contributed by atoms with van der Waals surface area (Å²) >= 11 is 0. The van der Waals surface area contributed by atoms with Crippen LogP contribution < -0.4 is 5.30 Å². The molecule has 124 valence electrons. The lowest BCUT2D eigenvalue weighted by molar-refractivity contribution is -0.142. The quantitative estimate of drug-likeness (QED) is 0.480. The van der Waals surface area contributed by atoms with Crippen LogP contribution in [0, 0.1) is 5.92 Å². The van der Waals surface area contributed by atoms with E-state index in [1.807, 2.05) is 0 Å². The van der Waals surface area contributed by atoms with E-state index in [9.17, 15) is 28.7 Å². The summed E-state index contributed by atoms with van der Waals surface area (Å²) in [6.07, 6.45) is -0.706. The third kappa shape index (κ3) is 6.12. The average Bonchev–Trinajstić information content (AvgIpc) is 2.45. The summed E-state index contributed by atoms with van der Waals surface area (Å²) in [5, 5.41) is 18.1. The second kappa shape index (κ2) is 8.79. The number of aliphatic carboxylic acids is 2. The second-order valence-electron chi connectivity index (χ2n) is 4.89. The Hall–Kier alpha value is -1.72. The van der Waals surface area contributed by atoms with E-state index in [0.717, 1.165) is 0 Å². The molecule has 0 heterocycles. The lowest BCUT2D eigenvalue weighted by atomic mass is 9.93. The van der Waals surface area contributed by atoms with Crippen LogP contribution in [0.4, 0.5) is 0 Å². The van der Waals surface area contributed by atoms with Crippen LogP contribution in [-0.4, -0.2) is 37.6 Å². The molecule has 0 amide bonds. The fraction of sp³-hybridized carbons (Fsp3) is 0.385. The zero-order valence-corrected chi connectivity index (χ0v) is 13.7. The first-order valence-electron chi connectivity index (χ1n) is 6.57. The van der Waals surface area contributed by atoms with Crippen molar-refractivity contribution >= 4 is 33.3 Å². The van der Waals surface area contributed by atoms with Crippen molar-refractivity contribution in [2.45, 2.75) is 24.9 Å². The van der Waals surface area contributed by atoms with Crippen molar-refractivity contribution in [3.63, 3.8) is 0 Å². The van der Waals surface area contributed by atoms with E-state index >= 15 is 0 Å². The number of carboxylic acids is 2. The van der Waals surface area contributed by atoms with Gasteiger partial charge in [0.2, 0.25) is 11.0 Å². The molecular formula is C13H16O8P2+2. The molecule has 0 aromatic heterocycles. The lowest BCUT2D eigenvalue weighted by Gasteiger charge is -2.14. The van der Waals surface area contributed by atoms with Crippen molar-refractivity contribution in [2.75, 3.05) is 0 Å². The number of hydrogen-bond acceptors (Lipinski definition) is 4. The average molecular weight is 362 g/mol. The summed E-state index contributed by atoms with van der Waals surface area (Å²) < 4.78 is 22.3. The molecule has 4 atom stereocenters. The van der Waals surface area contributed by atoms with Gasteiger partial charge in [0.25, 0.3) is 0 Å². The Balaban J connectivity index is 2.95. The summed E-state index contributed by atoms with van der Waals surface area (Å²) in [5.74, 6) is -3.70. The van der Waals surface area contributed by atoms with E-state index in [0.29, 0.717) is 5.56 Å². The molecule has 0 bridgehead atoms. The summed E-state index contributed by atoms with van der Waals surface area (Å²) in [6.45, 7) is 0. The molecule has 0 fully saturated rings. The third-order valence-corrected chi connectivity index (χ3v) is 5.26. The maximum absolute atomic E-state index is 11.4. The molecule has 0 saturated carbocycles. The maximum atomic E-state index is 11.4. The van der Waals surface area contributed by atoms with Crippen molar-refractivity contribution in [3.05, 3.63) is 29.8 Å². The Morgan fingerprint density at radius 3 is 2.00 bits per heavy atom. The number of rotatable bonds is 9. The van der Waals surface area contributed by atoms with E-state index in [1.54, 1.807) is 0 Å². The number of hydrogen-bond donors (Lipinski definition) is 4. The van der Waals surface area contributed by atoms with Crippen LogP contribution in [0.3, 0.4) is 0 Å². The van der Waals surface area contributed by atoms with Crippen molar-refractivity contribution < 1.29 is 38.7 Å². The van der Waals surface area contributed by atoms with E-state index in [4.69, 9.17) is 10.00 Å². The van der Waals surface area contributed by atoms with Crippen LogP contribution in [0.5, 0.6) is 0 Å². The molecule has 0 aliphatic rings. The van der Waals surface area contributed by atoms with Gasteiger partial charge in [-0.05, 0) is 33.2 Å². The van der Waals surface area contributed by atoms with Gasteiger partial charge in [0.1, 0.15) is 5.92 Å². The molecule has 0 aliphatic carbocycles. The predicted molar refractivity (Wildman–Crippen MR) is 81.2 cm³/mol.